The molecule has 0 saturated carbocycles. The molecule has 5 heteroatoms. The number of unbranched alkanes of at least 4 members (excludes halogenated alkanes) is 2. The van der Waals surface area contributed by atoms with E-state index in [0.29, 0.717) is 17.3 Å². The highest BCUT2D eigenvalue weighted by Crippen LogP contribution is 2.15. The Morgan fingerprint density at radius 1 is 1.26 bits per heavy atom. The molecule has 0 aromatic heterocycles. The highest BCUT2D eigenvalue weighted by molar-refractivity contribution is 6.30. The minimum absolute atomic E-state index is 0.0259. The lowest BCUT2D eigenvalue weighted by Crippen LogP contribution is -2.32. The minimum atomic E-state index is -0.0565. The summed E-state index contributed by atoms with van der Waals surface area (Å²) in [6.07, 6.45) is 2.60. The number of hydrogen-bond donors (Lipinski definition) is 1. The predicted molar refractivity (Wildman–Crippen MR) is 75.5 cm³/mol. The monoisotopic (exact) mass is 285 g/mol. The topological polar surface area (TPSA) is 49.8 Å². The van der Waals surface area contributed by atoms with E-state index in [2.05, 4.69) is 0 Å². The molecule has 1 rings (SSSR count). The van der Waals surface area contributed by atoms with Crippen LogP contribution in [0.25, 0.3) is 0 Å². The van der Waals surface area contributed by atoms with Gasteiger partial charge in [0, 0.05) is 25.2 Å². The molecule has 19 heavy (non-hydrogen) atoms. The Balaban J connectivity index is 2.24. The average molecular weight is 286 g/mol. The molecule has 0 bridgehead atoms. The third-order valence-electron chi connectivity index (χ3n) is 2.75. The summed E-state index contributed by atoms with van der Waals surface area (Å²) in [6, 6.07) is 6.91. The first kappa shape index (κ1) is 15.8. The normalized spacial score (nSPS) is 10.3. The number of rotatable bonds is 8. The van der Waals surface area contributed by atoms with E-state index in [-0.39, 0.29) is 19.1 Å². The fourth-order valence-corrected chi connectivity index (χ4v) is 1.67. The zero-order chi connectivity index (χ0) is 14.1. The van der Waals surface area contributed by atoms with Crippen molar-refractivity contribution in [2.75, 3.05) is 26.8 Å². The van der Waals surface area contributed by atoms with Gasteiger partial charge in [-0.1, -0.05) is 11.6 Å². The lowest BCUT2D eigenvalue weighted by Gasteiger charge is -2.17. The Hall–Kier alpha value is -1.26. The van der Waals surface area contributed by atoms with Gasteiger partial charge in [0.1, 0.15) is 5.75 Å². The number of ether oxygens (including phenoxy) is 1. The molecule has 0 fully saturated rings. The van der Waals surface area contributed by atoms with Crippen LogP contribution in [0.4, 0.5) is 0 Å². The quantitative estimate of drug-likeness (QED) is 0.746. The maximum Gasteiger partial charge on any atom is 0.260 e. The zero-order valence-electron chi connectivity index (χ0n) is 11.1. The molecule has 0 atom stereocenters. The van der Waals surface area contributed by atoms with E-state index in [0.717, 1.165) is 19.3 Å². The van der Waals surface area contributed by atoms with Gasteiger partial charge in [-0.15, -0.1) is 0 Å². The number of halogens is 1. The van der Waals surface area contributed by atoms with Gasteiger partial charge in [-0.25, -0.2) is 0 Å². The molecule has 0 unspecified atom stereocenters. The molecule has 0 heterocycles. The summed E-state index contributed by atoms with van der Waals surface area (Å²) in [7, 11) is 1.76. The molecular formula is C14H20ClNO3. The van der Waals surface area contributed by atoms with E-state index in [4.69, 9.17) is 21.4 Å². The van der Waals surface area contributed by atoms with Gasteiger partial charge in [-0.05, 0) is 43.5 Å². The number of benzene rings is 1. The summed E-state index contributed by atoms with van der Waals surface area (Å²) in [5.41, 5.74) is 0. The number of aliphatic hydroxyl groups is 1. The molecule has 1 amide bonds. The van der Waals surface area contributed by atoms with Crippen LogP contribution < -0.4 is 4.74 Å². The number of aliphatic hydroxyl groups excluding tert-OH is 1. The fourth-order valence-electron chi connectivity index (χ4n) is 1.55. The van der Waals surface area contributed by atoms with Crippen LogP contribution in [0.3, 0.4) is 0 Å². The van der Waals surface area contributed by atoms with E-state index in [1.807, 2.05) is 0 Å². The average Bonchev–Trinajstić information content (AvgIpc) is 2.42. The Kier molecular flexibility index (Phi) is 7.30. The molecule has 0 aliphatic carbocycles. The second-order valence-electron chi connectivity index (χ2n) is 4.34. The number of amides is 1. The van der Waals surface area contributed by atoms with E-state index in [9.17, 15) is 4.79 Å². The van der Waals surface area contributed by atoms with Crippen molar-refractivity contribution in [1.82, 2.24) is 4.90 Å². The first-order valence-electron chi connectivity index (χ1n) is 6.36. The van der Waals surface area contributed by atoms with Crippen molar-refractivity contribution in [1.29, 1.82) is 0 Å². The van der Waals surface area contributed by atoms with Crippen LogP contribution in [0, 0.1) is 0 Å². The first-order chi connectivity index (χ1) is 9.13. The standard InChI is InChI=1S/C14H20ClNO3/c1-16(9-3-2-4-10-17)14(18)11-19-13-7-5-12(15)6-8-13/h5-8,17H,2-4,9-11H2,1H3. The Labute approximate surface area is 118 Å². The molecule has 0 radical (unpaired) electrons. The molecular weight excluding hydrogens is 266 g/mol. The van der Waals surface area contributed by atoms with Gasteiger partial charge in [0.05, 0.1) is 0 Å². The third-order valence-corrected chi connectivity index (χ3v) is 3.01. The lowest BCUT2D eigenvalue weighted by molar-refractivity contribution is -0.132. The fraction of sp³-hybridized carbons (Fsp3) is 0.500. The van der Waals surface area contributed by atoms with Gasteiger partial charge < -0.3 is 14.7 Å². The summed E-state index contributed by atoms with van der Waals surface area (Å²) in [5.74, 6) is 0.574. The van der Waals surface area contributed by atoms with Crippen molar-refractivity contribution in [3.8, 4) is 5.75 Å². The SMILES string of the molecule is CN(CCCCCO)C(=O)COc1ccc(Cl)cc1. The van der Waals surface area contributed by atoms with Crippen LogP contribution in [0.2, 0.25) is 5.02 Å². The van der Waals surface area contributed by atoms with Crippen LogP contribution in [0.5, 0.6) is 5.75 Å². The van der Waals surface area contributed by atoms with Crippen LogP contribution in [0.1, 0.15) is 19.3 Å². The van der Waals surface area contributed by atoms with Crippen molar-refractivity contribution in [2.45, 2.75) is 19.3 Å². The molecule has 0 saturated heterocycles. The largest absolute Gasteiger partial charge is 0.484 e. The number of carbonyl (C=O) groups is 1. The van der Waals surface area contributed by atoms with Gasteiger partial charge in [-0.2, -0.15) is 0 Å². The highest BCUT2D eigenvalue weighted by Gasteiger charge is 2.09. The van der Waals surface area contributed by atoms with Crippen LogP contribution >= 0.6 is 11.6 Å². The van der Waals surface area contributed by atoms with Gasteiger partial charge in [0.15, 0.2) is 6.61 Å². The molecule has 0 aliphatic rings. The van der Waals surface area contributed by atoms with Gasteiger partial charge in [0.2, 0.25) is 0 Å². The predicted octanol–water partition coefficient (Wildman–Crippen LogP) is 2.34. The maximum atomic E-state index is 11.8. The summed E-state index contributed by atoms with van der Waals surface area (Å²) >= 11 is 5.76. The Morgan fingerprint density at radius 2 is 1.95 bits per heavy atom. The molecule has 106 valence electrons. The second-order valence-corrected chi connectivity index (χ2v) is 4.78. The summed E-state index contributed by atoms with van der Waals surface area (Å²) in [5, 5.41) is 9.30. The molecule has 1 N–H and O–H groups in total. The minimum Gasteiger partial charge on any atom is -0.484 e. The van der Waals surface area contributed by atoms with Crippen molar-refractivity contribution in [2.24, 2.45) is 0 Å². The molecule has 4 nitrogen and oxygen atoms in total. The van der Waals surface area contributed by atoms with E-state index in [1.54, 1.807) is 36.2 Å². The lowest BCUT2D eigenvalue weighted by atomic mass is 10.2. The Morgan fingerprint density at radius 3 is 2.58 bits per heavy atom. The summed E-state index contributed by atoms with van der Waals surface area (Å²) in [4.78, 5) is 13.4. The van der Waals surface area contributed by atoms with Crippen molar-refractivity contribution in [3.63, 3.8) is 0 Å². The first-order valence-corrected chi connectivity index (χ1v) is 6.74. The van der Waals surface area contributed by atoms with Crippen molar-refractivity contribution >= 4 is 17.5 Å². The third kappa shape index (κ3) is 6.45. The summed E-state index contributed by atoms with van der Waals surface area (Å²) in [6.45, 7) is 0.915. The second kappa shape index (κ2) is 8.77. The number of carbonyl (C=O) groups excluding carboxylic acids is 1. The summed E-state index contributed by atoms with van der Waals surface area (Å²) < 4.78 is 5.38. The van der Waals surface area contributed by atoms with E-state index < -0.39 is 0 Å². The zero-order valence-corrected chi connectivity index (χ0v) is 11.9. The van der Waals surface area contributed by atoms with Crippen molar-refractivity contribution in [3.05, 3.63) is 29.3 Å². The molecule has 0 spiro atoms. The van der Waals surface area contributed by atoms with Gasteiger partial charge in [-0.3, -0.25) is 4.79 Å². The maximum absolute atomic E-state index is 11.8. The van der Waals surface area contributed by atoms with E-state index in [1.165, 1.54) is 0 Å². The molecule has 1 aromatic carbocycles. The van der Waals surface area contributed by atoms with E-state index >= 15 is 0 Å². The van der Waals surface area contributed by atoms with Crippen LogP contribution in [0.15, 0.2) is 24.3 Å². The van der Waals surface area contributed by atoms with Crippen molar-refractivity contribution < 1.29 is 14.6 Å². The van der Waals surface area contributed by atoms with Gasteiger partial charge >= 0.3 is 0 Å². The molecule has 0 aliphatic heterocycles. The number of nitrogens with zero attached hydrogens (tertiary/aromatic N) is 1. The number of likely N-dealkylation sites (N-methyl/N-ethyl adjacent to an activating group) is 1. The smallest absolute Gasteiger partial charge is 0.260 e. The van der Waals surface area contributed by atoms with Crippen LogP contribution in [-0.2, 0) is 4.79 Å². The molecule has 1 aromatic rings. The van der Waals surface area contributed by atoms with Crippen LogP contribution in [-0.4, -0.2) is 42.7 Å². The number of hydrogen-bond acceptors (Lipinski definition) is 3. The highest BCUT2D eigenvalue weighted by atomic mass is 35.5. The van der Waals surface area contributed by atoms with Gasteiger partial charge in [0.25, 0.3) is 5.91 Å². The Bertz CT molecular complexity index is 381.